The van der Waals surface area contributed by atoms with E-state index in [0.29, 0.717) is 24.9 Å². The van der Waals surface area contributed by atoms with Crippen molar-refractivity contribution in [1.29, 1.82) is 0 Å². The molecular weight excluding hydrogens is 464 g/mol. The molecular formula is C27H34N2O7. The normalized spacial score (nSPS) is 11.6. The van der Waals surface area contributed by atoms with Gasteiger partial charge in [-0.2, -0.15) is 0 Å². The number of hydrogen-bond donors (Lipinski definition) is 2. The predicted octanol–water partition coefficient (Wildman–Crippen LogP) is 4.40. The van der Waals surface area contributed by atoms with Gasteiger partial charge in [-0.15, -0.1) is 0 Å². The quantitative estimate of drug-likeness (QED) is 0.193. The van der Waals surface area contributed by atoms with Gasteiger partial charge in [-0.25, -0.2) is 14.4 Å². The highest BCUT2D eigenvalue weighted by Gasteiger charge is 2.26. The number of unbranched alkanes of at least 4 members (excludes halogenated alkanes) is 1. The van der Waals surface area contributed by atoms with Crippen molar-refractivity contribution in [2.45, 2.75) is 58.3 Å². The zero-order chi connectivity index (χ0) is 26.4. The van der Waals surface area contributed by atoms with Crippen LogP contribution in [0.5, 0.6) is 0 Å². The lowest BCUT2D eigenvalue weighted by molar-refractivity contribution is -0.145. The molecule has 0 unspecified atom stereocenters. The molecule has 9 heteroatoms. The van der Waals surface area contributed by atoms with Crippen molar-refractivity contribution >= 4 is 23.9 Å². The Balaban J connectivity index is 1.79. The number of hydrogen-bond acceptors (Lipinski definition) is 7. The molecule has 0 aliphatic carbocycles. The van der Waals surface area contributed by atoms with E-state index < -0.39 is 36.4 Å². The van der Waals surface area contributed by atoms with Crippen LogP contribution in [-0.2, 0) is 25.6 Å². The van der Waals surface area contributed by atoms with Gasteiger partial charge in [0.1, 0.15) is 18.2 Å². The van der Waals surface area contributed by atoms with Crippen LogP contribution < -0.4 is 10.6 Å². The topological polar surface area (TPSA) is 120 Å². The zero-order valence-corrected chi connectivity index (χ0v) is 21.0. The first-order valence-corrected chi connectivity index (χ1v) is 11.8. The lowest BCUT2D eigenvalue weighted by atomic mass is 10.1. The minimum atomic E-state index is -1.01. The van der Waals surface area contributed by atoms with Gasteiger partial charge in [0.2, 0.25) is 0 Å². The molecule has 0 saturated carbocycles. The number of alkyl carbamates (subject to hydrolysis) is 2. The second-order valence-corrected chi connectivity index (χ2v) is 9.08. The Labute approximate surface area is 211 Å². The van der Waals surface area contributed by atoms with E-state index in [2.05, 4.69) is 10.6 Å². The van der Waals surface area contributed by atoms with E-state index in [1.165, 1.54) is 0 Å². The SMILES string of the molecule is CC(C)(C)OC(=O)N[C@@H](CCCCNC(=O)OCc1ccccc1)C(=O)OCC(=O)c1ccccc1. The molecule has 1 atom stereocenters. The first-order chi connectivity index (χ1) is 17.1. The molecule has 0 fully saturated rings. The van der Waals surface area contributed by atoms with Gasteiger partial charge in [-0.05, 0) is 45.6 Å². The molecule has 0 heterocycles. The lowest BCUT2D eigenvalue weighted by Crippen LogP contribution is -2.44. The lowest BCUT2D eigenvalue weighted by Gasteiger charge is -2.23. The molecule has 2 amide bonds. The van der Waals surface area contributed by atoms with E-state index in [4.69, 9.17) is 14.2 Å². The Morgan fingerprint density at radius 3 is 2.11 bits per heavy atom. The maximum atomic E-state index is 12.6. The first-order valence-electron chi connectivity index (χ1n) is 11.8. The number of ketones is 1. The summed E-state index contributed by atoms with van der Waals surface area (Å²) >= 11 is 0. The highest BCUT2D eigenvalue weighted by molar-refractivity contribution is 5.98. The molecule has 0 radical (unpaired) electrons. The molecule has 0 aromatic heterocycles. The monoisotopic (exact) mass is 498 g/mol. The summed E-state index contributed by atoms with van der Waals surface area (Å²) in [7, 11) is 0. The van der Waals surface area contributed by atoms with Gasteiger partial charge in [-0.1, -0.05) is 60.7 Å². The minimum Gasteiger partial charge on any atom is -0.456 e. The molecule has 2 rings (SSSR count). The number of ether oxygens (including phenoxy) is 3. The van der Waals surface area contributed by atoms with Crippen LogP contribution in [0.1, 0.15) is 56.0 Å². The minimum absolute atomic E-state index is 0.169. The van der Waals surface area contributed by atoms with Crippen LogP contribution in [-0.4, -0.2) is 48.7 Å². The van der Waals surface area contributed by atoms with Crippen LogP contribution >= 0.6 is 0 Å². The third-order valence-corrected chi connectivity index (χ3v) is 4.82. The molecule has 36 heavy (non-hydrogen) atoms. The van der Waals surface area contributed by atoms with Gasteiger partial charge in [-0.3, -0.25) is 4.79 Å². The predicted molar refractivity (Wildman–Crippen MR) is 133 cm³/mol. The number of carbonyl (C=O) groups is 4. The zero-order valence-electron chi connectivity index (χ0n) is 21.0. The molecule has 2 aromatic rings. The number of amides is 2. The number of rotatable bonds is 12. The maximum Gasteiger partial charge on any atom is 0.408 e. The van der Waals surface area contributed by atoms with Crippen LogP contribution in [0.25, 0.3) is 0 Å². The number of nitrogens with one attached hydrogen (secondary N) is 2. The Morgan fingerprint density at radius 1 is 0.833 bits per heavy atom. The number of Topliss-reactive ketones (excluding diaryl/α,β-unsaturated/α-hetero) is 1. The summed E-state index contributed by atoms with van der Waals surface area (Å²) in [4.78, 5) is 49.0. The molecule has 9 nitrogen and oxygen atoms in total. The summed E-state index contributed by atoms with van der Waals surface area (Å²) in [6.07, 6.45) is -0.0505. The number of benzene rings is 2. The molecule has 2 N–H and O–H groups in total. The fraction of sp³-hybridized carbons (Fsp3) is 0.407. The van der Waals surface area contributed by atoms with E-state index in [1.54, 1.807) is 51.1 Å². The van der Waals surface area contributed by atoms with E-state index in [1.807, 2.05) is 30.3 Å². The van der Waals surface area contributed by atoms with Crippen molar-refractivity contribution in [3.05, 3.63) is 71.8 Å². The van der Waals surface area contributed by atoms with Crippen LogP contribution in [0.15, 0.2) is 60.7 Å². The van der Waals surface area contributed by atoms with Crippen molar-refractivity contribution < 1.29 is 33.4 Å². The van der Waals surface area contributed by atoms with Crippen molar-refractivity contribution in [3.8, 4) is 0 Å². The Morgan fingerprint density at radius 2 is 1.47 bits per heavy atom. The van der Waals surface area contributed by atoms with Crippen LogP contribution in [0, 0.1) is 0 Å². The van der Waals surface area contributed by atoms with Crippen LogP contribution in [0.3, 0.4) is 0 Å². The van der Waals surface area contributed by atoms with Gasteiger partial charge < -0.3 is 24.8 Å². The van der Waals surface area contributed by atoms with Gasteiger partial charge in [0.25, 0.3) is 0 Å². The first kappa shape index (κ1) is 28.4. The van der Waals surface area contributed by atoms with E-state index in [-0.39, 0.29) is 18.8 Å². The molecule has 0 aliphatic heterocycles. The summed E-state index contributed by atoms with van der Waals surface area (Å²) in [5, 5.41) is 5.17. The largest absolute Gasteiger partial charge is 0.456 e. The van der Waals surface area contributed by atoms with Gasteiger partial charge in [0.05, 0.1) is 0 Å². The van der Waals surface area contributed by atoms with E-state index in [0.717, 1.165) is 5.56 Å². The third-order valence-electron chi connectivity index (χ3n) is 4.82. The highest BCUT2D eigenvalue weighted by Crippen LogP contribution is 2.10. The summed E-state index contributed by atoms with van der Waals surface area (Å²) in [6.45, 7) is 5.18. The van der Waals surface area contributed by atoms with Gasteiger partial charge >= 0.3 is 18.2 Å². The Hall–Kier alpha value is -3.88. The third kappa shape index (κ3) is 11.5. The average molecular weight is 499 g/mol. The Kier molecular flexibility index (Phi) is 11.4. The number of esters is 1. The summed E-state index contributed by atoms with van der Waals surface area (Å²) in [6, 6.07) is 16.8. The molecule has 2 aromatic carbocycles. The van der Waals surface area contributed by atoms with Crippen molar-refractivity contribution in [2.24, 2.45) is 0 Å². The summed E-state index contributed by atoms with van der Waals surface area (Å²) in [5.41, 5.74) is 0.561. The van der Waals surface area contributed by atoms with Crippen molar-refractivity contribution in [2.75, 3.05) is 13.2 Å². The van der Waals surface area contributed by atoms with Crippen LogP contribution in [0.4, 0.5) is 9.59 Å². The fourth-order valence-electron chi connectivity index (χ4n) is 3.08. The highest BCUT2D eigenvalue weighted by atomic mass is 16.6. The number of carbonyl (C=O) groups excluding carboxylic acids is 4. The molecule has 0 saturated heterocycles. The van der Waals surface area contributed by atoms with Gasteiger partial charge in [0.15, 0.2) is 12.4 Å². The Bertz CT molecular complexity index is 988. The van der Waals surface area contributed by atoms with E-state index in [9.17, 15) is 19.2 Å². The molecule has 194 valence electrons. The smallest absolute Gasteiger partial charge is 0.408 e. The molecule has 0 aliphatic rings. The maximum absolute atomic E-state index is 12.6. The summed E-state index contributed by atoms with van der Waals surface area (Å²) < 4.78 is 15.6. The van der Waals surface area contributed by atoms with Gasteiger partial charge in [0, 0.05) is 12.1 Å². The standard InChI is InChI=1S/C27H34N2O7/c1-27(2,3)36-26(33)29-22(24(31)34-19-23(30)21-14-8-5-9-15-21)16-10-11-17-28-25(32)35-18-20-12-6-4-7-13-20/h4-9,12-15,22H,10-11,16-19H2,1-3H3,(H,28,32)(H,29,33)/t22-/m0/s1. The van der Waals surface area contributed by atoms with Crippen molar-refractivity contribution in [1.82, 2.24) is 10.6 Å². The summed E-state index contributed by atoms with van der Waals surface area (Å²) in [5.74, 6) is -1.08. The molecule has 0 bridgehead atoms. The second-order valence-electron chi connectivity index (χ2n) is 9.08. The van der Waals surface area contributed by atoms with Crippen LogP contribution in [0.2, 0.25) is 0 Å². The van der Waals surface area contributed by atoms with Crippen molar-refractivity contribution in [3.63, 3.8) is 0 Å². The fourth-order valence-corrected chi connectivity index (χ4v) is 3.08. The average Bonchev–Trinajstić information content (AvgIpc) is 2.85. The second kappa shape index (κ2) is 14.5. The van der Waals surface area contributed by atoms with E-state index >= 15 is 0 Å². The molecule has 0 spiro atoms.